The average Bonchev–Trinajstić information content (AvgIpc) is 2.90. The molecule has 254 valence electrons. The Morgan fingerprint density at radius 2 is 1.30 bits per heavy atom. The van der Waals surface area contributed by atoms with E-state index in [1.54, 1.807) is 7.11 Å². The third kappa shape index (κ3) is 20.0. The Kier molecular flexibility index (Phi) is 19.5. The number of carbonyl (C=O) groups excluding carboxylic acids is 3. The van der Waals surface area contributed by atoms with Crippen LogP contribution in [0.3, 0.4) is 0 Å². The predicted octanol–water partition coefficient (Wildman–Crippen LogP) is 5.65. The van der Waals surface area contributed by atoms with Crippen molar-refractivity contribution in [1.82, 2.24) is 16.0 Å². The fourth-order valence-corrected chi connectivity index (χ4v) is 4.39. The third-order valence-electron chi connectivity index (χ3n) is 7.98. The van der Waals surface area contributed by atoms with Crippen molar-refractivity contribution in [2.45, 2.75) is 127 Å². The highest BCUT2D eigenvalue weighted by atomic mass is 16.5. The number of nitrogens with one attached hydrogen (secondary N) is 3. The second-order valence-electron chi connectivity index (χ2n) is 15.0. The second kappa shape index (κ2) is 20.3. The standard InChI is InChI=1S/C34H67N3O6/c1-12-17-28(38)35-19-16-15-18-27(37-29(39)20-32(6,7)23-42-22-31(4,5)13-2)30(40)36-21-33(8,9)24-43-26-34(10,14-3)25-41-11/h27H,12-26H2,1-11H3,(H,35,38)(H,36,40)(H,37,39)/t27-,34?/m1/s1. The average molecular weight is 614 g/mol. The van der Waals surface area contributed by atoms with Gasteiger partial charge < -0.3 is 30.2 Å². The first-order valence-electron chi connectivity index (χ1n) is 16.4. The molecule has 9 heteroatoms. The van der Waals surface area contributed by atoms with Crippen LogP contribution in [0.2, 0.25) is 0 Å². The number of ether oxygens (including phenoxy) is 3. The molecule has 0 heterocycles. The third-order valence-corrected chi connectivity index (χ3v) is 7.98. The summed E-state index contributed by atoms with van der Waals surface area (Å²) in [5.41, 5.74) is -0.616. The quantitative estimate of drug-likeness (QED) is 0.115. The largest absolute Gasteiger partial charge is 0.384 e. The van der Waals surface area contributed by atoms with Crippen LogP contribution >= 0.6 is 0 Å². The molecule has 3 amide bonds. The lowest BCUT2D eigenvalue weighted by Gasteiger charge is -2.31. The first kappa shape index (κ1) is 41.3. The van der Waals surface area contributed by atoms with Crippen LogP contribution in [0.5, 0.6) is 0 Å². The number of unbranched alkanes of at least 4 members (excludes halogenated alkanes) is 1. The lowest BCUT2D eigenvalue weighted by atomic mass is 9.89. The van der Waals surface area contributed by atoms with E-state index in [4.69, 9.17) is 14.2 Å². The lowest BCUT2D eigenvalue weighted by molar-refractivity contribution is -0.131. The highest BCUT2D eigenvalue weighted by Crippen LogP contribution is 2.25. The molecule has 0 aromatic carbocycles. The zero-order valence-corrected chi connectivity index (χ0v) is 29.6. The number of carbonyl (C=O) groups is 3. The van der Waals surface area contributed by atoms with Gasteiger partial charge in [0.2, 0.25) is 17.7 Å². The predicted molar refractivity (Wildman–Crippen MR) is 175 cm³/mol. The minimum atomic E-state index is -0.656. The van der Waals surface area contributed by atoms with Crippen LogP contribution in [-0.4, -0.2) is 77.0 Å². The molecule has 0 bridgehead atoms. The van der Waals surface area contributed by atoms with Crippen LogP contribution in [0.25, 0.3) is 0 Å². The Hall–Kier alpha value is -1.71. The fraction of sp³-hybridized carbons (Fsp3) is 0.912. The van der Waals surface area contributed by atoms with E-state index < -0.39 is 6.04 Å². The highest BCUT2D eigenvalue weighted by Gasteiger charge is 2.29. The van der Waals surface area contributed by atoms with Crippen molar-refractivity contribution in [3.05, 3.63) is 0 Å². The SMILES string of the molecule is CCCC(=O)NCCCC[C@@H](NC(=O)CC(C)(C)COCC(C)(C)CC)C(=O)NCC(C)(C)COCC(C)(CC)COC. The summed E-state index contributed by atoms with van der Waals surface area (Å²) in [5.74, 6) is -0.324. The summed E-state index contributed by atoms with van der Waals surface area (Å²) in [4.78, 5) is 38.2. The summed E-state index contributed by atoms with van der Waals surface area (Å²) in [7, 11) is 1.70. The van der Waals surface area contributed by atoms with Gasteiger partial charge in [-0.1, -0.05) is 69.2 Å². The summed E-state index contributed by atoms with van der Waals surface area (Å²) in [5, 5.41) is 8.97. The van der Waals surface area contributed by atoms with E-state index >= 15 is 0 Å². The van der Waals surface area contributed by atoms with Gasteiger partial charge in [-0.15, -0.1) is 0 Å². The Morgan fingerprint density at radius 1 is 0.698 bits per heavy atom. The molecule has 2 atom stereocenters. The van der Waals surface area contributed by atoms with Crippen LogP contribution in [0.4, 0.5) is 0 Å². The lowest BCUT2D eigenvalue weighted by Crippen LogP contribution is -2.50. The molecule has 0 aliphatic rings. The van der Waals surface area contributed by atoms with Gasteiger partial charge in [0.1, 0.15) is 6.04 Å². The molecule has 0 spiro atoms. The molecule has 0 aromatic rings. The molecule has 9 nitrogen and oxygen atoms in total. The summed E-state index contributed by atoms with van der Waals surface area (Å²) < 4.78 is 17.4. The molecular weight excluding hydrogens is 546 g/mol. The molecule has 0 rings (SSSR count). The maximum Gasteiger partial charge on any atom is 0.242 e. The molecule has 0 aliphatic carbocycles. The molecule has 43 heavy (non-hydrogen) atoms. The van der Waals surface area contributed by atoms with Gasteiger partial charge in [-0.05, 0) is 49.4 Å². The minimum absolute atomic E-state index is 0.0443. The molecule has 0 aromatic heterocycles. The number of rotatable bonds is 25. The van der Waals surface area contributed by atoms with E-state index in [9.17, 15) is 14.4 Å². The summed E-state index contributed by atoms with van der Waals surface area (Å²) in [6.45, 7) is 24.7. The van der Waals surface area contributed by atoms with Crippen LogP contribution in [-0.2, 0) is 28.6 Å². The van der Waals surface area contributed by atoms with Gasteiger partial charge in [0.05, 0.1) is 33.0 Å². The zero-order chi connectivity index (χ0) is 33.2. The summed E-state index contributed by atoms with van der Waals surface area (Å²) >= 11 is 0. The van der Waals surface area contributed by atoms with Crippen molar-refractivity contribution in [2.75, 3.05) is 53.2 Å². The van der Waals surface area contributed by atoms with Crippen molar-refractivity contribution in [1.29, 1.82) is 0 Å². The number of hydrogen-bond acceptors (Lipinski definition) is 6. The Labute approximate surface area is 263 Å². The first-order chi connectivity index (χ1) is 19.9. The fourth-order valence-electron chi connectivity index (χ4n) is 4.39. The van der Waals surface area contributed by atoms with Crippen LogP contribution in [0, 0.1) is 21.7 Å². The van der Waals surface area contributed by atoms with Gasteiger partial charge in [-0.3, -0.25) is 14.4 Å². The van der Waals surface area contributed by atoms with Crippen molar-refractivity contribution in [3.63, 3.8) is 0 Å². The number of amides is 3. The Morgan fingerprint density at radius 3 is 1.88 bits per heavy atom. The van der Waals surface area contributed by atoms with Gasteiger partial charge in [-0.2, -0.15) is 0 Å². The smallest absolute Gasteiger partial charge is 0.242 e. The zero-order valence-electron chi connectivity index (χ0n) is 29.6. The van der Waals surface area contributed by atoms with Gasteiger partial charge in [0.15, 0.2) is 0 Å². The topological polar surface area (TPSA) is 115 Å². The highest BCUT2D eigenvalue weighted by molar-refractivity contribution is 5.87. The summed E-state index contributed by atoms with van der Waals surface area (Å²) in [6.07, 6.45) is 5.47. The van der Waals surface area contributed by atoms with E-state index in [0.717, 1.165) is 25.7 Å². The van der Waals surface area contributed by atoms with Crippen molar-refractivity contribution < 1.29 is 28.6 Å². The first-order valence-corrected chi connectivity index (χ1v) is 16.4. The van der Waals surface area contributed by atoms with E-state index in [1.807, 2.05) is 20.8 Å². The van der Waals surface area contributed by atoms with E-state index in [0.29, 0.717) is 65.4 Å². The van der Waals surface area contributed by atoms with E-state index in [-0.39, 0.29) is 45.8 Å². The van der Waals surface area contributed by atoms with Crippen LogP contribution in [0.1, 0.15) is 121 Å². The van der Waals surface area contributed by atoms with Gasteiger partial charge in [0, 0.05) is 43.9 Å². The molecule has 0 radical (unpaired) electrons. The maximum absolute atomic E-state index is 13.4. The molecule has 0 aliphatic heterocycles. The molecular formula is C34H67N3O6. The molecule has 0 saturated carbocycles. The normalized spacial score (nSPS) is 14.6. The van der Waals surface area contributed by atoms with Gasteiger partial charge >= 0.3 is 0 Å². The summed E-state index contributed by atoms with van der Waals surface area (Å²) in [6, 6.07) is -0.656. The monoisotopic (exact) mass is 614 g/mol. The van der Waals surface area contributed by atoms with Crippen LogP contribution in [0.15, 0.2) is 0 Å². The number of methoxy groups -OCH3 is 1. The van der Waals surface area contributed by atoms with Crippen molar-refractivity contribution in [3.8, 4) is 0 Å². The van der Waals surface area contributed by atoms with Gasteiger partial charge in [-0.25, -0.2) is 0 Å². The Bertz CT molecular complexity index is 814. The van der Waals surface area contributed by atoms with Crippen molar-refractivity contribution in [2.24, 2.45) is 21.7 Å². The van der Waals surface area contributed by atoms with E-state index in [1.165, 1.54) is 0 Å². The Balaban J connectivity index is 5.14. The molecule has 0 fully saturated rings. The minimum Gasteiger partial charge on any atom is -0.384 e. The molecule has 3 N–H and O–H groups in total. The maximum atomic E-state index is 13.4. The number of hydrogen-bond donors (Lipinski definition) is 3. The van der Waals surface area contributed by atoms with Crippen LogP contribution < -0.4 is 16.0 Å². The molecule has 1 unspecified atom stereocenters. The molecule has 0 saturated heterocycles. The van der Waals surface area contributed by atoms with E-state index in [2.05, 4.69) is 64.4 Å². The van der Waals surface area contributed by atoms with Gasteiger partial charge in [0.25, 0.3) is 0 Å². The van der Waals surface area contributed by atoms with Crippen molar-refractivity contribution >= 4 is 17.7 Å². The second-order valence-corrected chi connectivity index (χ2v) is 15.0.